The predicted octanol–water partition coefficient (Wildman–Crippen LogP) is 4.13. The van der Waals surface area contributed by atoms with Crippen molar-refractivity contribution >= 4 is 40.0 Å². The highest BCUT2D eigenvalue weighted by Gasteiger charge is 2.26. The van der Waals surface area contributed by atoms with Gasteiger partial charge in [0.15, 0.2) is 0 Å². The van der Waals surface area contributed by atoms with E-state index in [1.165, 1.54) is 0 Å². The number of benzene rings is 2. The fraction of sp³-hybridized carbons (Fsp3) is 0.217. The number of fused-ring (bicyclic) bond motifs is 3. The molecule has 0 saturated carbocycles. The van der Waals surface area contributed by atoms with Gasteiger partial charge in [-0.25, -0.2) is 4.68 Å². The van der Waals surface area contributed by atoms with Crippen molar-refractivity contribution in [2.75, 3.05) is 13.2 Å². The van der Waals surface area contributed by atoms with Gasteiger partial charge in [-0.1, -0.05) is 35.3 Å². The molecule has 0 radical (unpaired) electrons. The van der Waals surface area contributed by atoms with Gasteiger partial charge in [-0.05, 0) is 41.8 Å². The molecule has 2 aromatic carbocycles. The molecule has 5 rings (SSSR count). The summed E-state index contributed by atoms with van der Waals surface area (Å²) < 4.78 is 1.82. The zero-order valence-corrected chi connectivity index (χ0v) is 18.1. The zero-order valence-electron chi connectivity index (χ0n) is 16.6. The number of amides is 1. The number of aromatic amines is 1. The third-order valence-electron chi connectivity index (χ3n) is 5.81. The van der Waals surface area contributed by atoms with Crippen LogP contribution in [0.1, 0.15) is 22.4 Å². The van der Waals surface area contributed by atoms with Crippen LogP contribution in [0.5, 0.6) is 0 Å². The summed E-state index contributed by atoms with van der Waals surface area (Å²) in [5, 5.41) is 15.5. The molecule has 1 aliphatic heterocycles. The molecule has 0 bridgehead atoms. The second kappa shape index (κ2) is 8.04. The van der Waals surface area contributed by atoms with Gasteiger partial charge in [0.05, 0.1) is 21.2 Å². The van der Waals surface area contributed by atoms with Crippen LogP contribution < -0.4 is 0 Å². The molecule has 1 amide bonds. The first-order valence-electron chi connectivity index (χ1n) is 10.0. The number of aliphatic hydroxyl groups is 1. The smallest absolute Gasteiger partial charge is 0.248 e. The van der Waals surface area contributed by atoms with Crippen molar-refractivity contribution in [3.63, 3.8) is 0 Å². The summed E-state index contributed by atoms with van der Waals surface area (Å²) in [7, 11) is 0. The third kappa shape index (κ3) is 3.61. The van der Waals surface area contributed by atoms with Gasteiger partial charge < -0.3 is 15.0 Å². The van der Waals surface area contributed by atoms with Gasteiger partial charge in [-0.15, -0.1) is 0 Å². The van der Waals surface area contributed by atoms with Crippen LogP contribution in [0.25, 0.3) is 16.6 Å². The van der Waals surface area contributed by atoms with Crippen molar-refractivity contribution in [1.82, 2.24) is 19.7 Å². The minimum Gasteiger partial charge on any atom is -0.387 e. The highest BCUT2D eigenvalue weighted by molar-refractivity contribution is 6.45. The van der Waals surface area contributed by atoms with Crippen LogP contribution in [0.3, 0.4) is 0 Å². The summed E-state index contributed by atoms with van der Waals surface area (Å²) in [6, 6.07) is 12.0. The lowest BCUT2D eigenvalue weighted by Crippen LogP contribution is -2.37. The molecule has 3 heterocycles. The number of rotatable bonds is 4. The van der Waals surface area contributed by atoms with Crippen LogP contribution in [-0.2, 0) is 24.2 Å². The van der Waals surface area contributed by atoms with E-state index >= 15 is 0 Å². The number of aliphatic hydroxyl groups excluding tert-OH is 1. The number of aromatic nitrogens is 3. The summed E-state index contributed by atoms with van der Waals surface area (Å²) >= 11 is 13.0. The molecule has 0 saturated heterocycles. The molecule has 0 atom stereocenters. The summed E-state index contributed by atoms with van der Waals surface area (Å²) in [5.41, 5.74) is 6.09. The van der Waals surface area contributed by atoms with Crippen molar-refractivity contribution in [2.24, 2.45) is 0 Å². The average Bonchev–Trinajstić information content (AvgIpc) is 3.45. The number of carbonyl (C=O) groups is 1. The van der Waals surface area contributed by atoms with Crippen LogP contribution >= 0.6 is 23.2 Å². The van der Waals surface area contributed by atoms with Crippen molar-refractivity contribution in [3.05, 3.63) is 81.2 Å². The molecular formula is C23H20Cl2N4O2. The lowest BCUT2D eigenvalue weighted by molar-refractivity contribution is -0.135. The number of halogens is 2. The summed E-state index contributed by atoms with van der Waals surface area (Å²) in [6.45, 7) is 0.520. The standard InChI is InChI=1S/C23H20Cl2N4O2/c24-18-11-15(10-14-2-4-16(5-3-14)29-8-1-7-26-29)21-17-12-28(20(31)13-30)9-6-19(17)27-23(21)22(18)25/h1-5,7-8,11,27,30H,6,9-10,12-13H2. The number of H-pyrrole nitrogens is 1. The zero-order chi connectivity index (χ0) is 21.5. The highest BCUT2D eigenvalue weighted by Crippen LogP contribution is 2.39. The lowest BCUT2D eigenvalue weighted by Gasteiger charge is -2.27. The van der Waals surface area contributed by atoms with Crippen LogP contribution in [-0.4, -0.2) is 43.8 Å². The van der Waals surface area contributed by atoms with Gasteiger partial charge in [-0.3, -0.25) is 4.79 Å². The Hall–Kier alpha value is -2.80. The maximum absolute atomic E-state index is 12.1. The molecule has 31 heavy (non-hydrogen) atoms. The number of carbonyl (C=O) groups excluding carboxylic acids is 1. The topological polar surface area (TPSA) is 74.2 Å². The van der Waals surface area contributed by atoms with Crippen LogP contribution in [0, 0.1) is 0 Å². The maximum atomic E-state index is 12.1. The Morgan fingerprint density at radius 2 is 2.03 bits per heavy atom. The van der Waals surface area contributed by atoms with Crippen LogP contribution in [0.4, 0.5) is 0 Å². The van der Waals surface area contributed by atoms with E-state index in [9.17, 15) is 9.90 Å². The van der Waals surface area contributed by atoms with E-state index in [1.807, 2.05) is 35.1 Å². The second-order valence-corrected chi connectivity index (χ2v) is 8.47. The number of nitrogens with one attached hydrogen (secondary N) is 1. The molecule has 6 nitrogen and oxygen atoms in total. The predicted molar refractivity (Wildman–Crippen MR) is 121 cm³/mol. The average molecular weight is 455 g/mol. The SMILES string of the molecule is O=C(CO)N1CCc2[nH]c3c(Cl)c(Cl)cc(Cc4ccc(-n5cccn5)cc4)c3c2C1. The van der Waals surface area contributed by atoms with Crippen molar-refractivity contribution < 1.29 is 9.90 Å². The molecule has 2 aromatic heterocycles. The first kappa shape index (κ1) is 20.1. The molecule has 158 valence electrons. The minimum absolute atomic E-state index is 0.268. The van der Waals surface area contributed by atoms with Gasteiger partial charge in [-0.2, -0.15) is 5.10 Å². The third-order valence-corrected chi connectivity index (χ3v) is 6.60. The van der Waals surface area contributed by atoms with Crippen LogP contribution in [0.2, 0.25) is 10.0 Å². The quantitative estimate of drug-likeness (QED) is 0.486. The maximum Gasteiger partial charge on any atom is 0.248 e. The Labute approximate surface area is 189 Å². The molecule has 0 unspecified atom stereocenters. The lowest BCUT2D eigenvalue weighted by atomic mass is 9.96. The van der Waals surface area contributed by atoms with E-state index in [1.54, 1.807) is 11.1 Å². The fourth-order valence-electron chi connectivity index (χ4n) is 4.28. The van der Waals surface area contributed by atoms with E-state index in [2.05, 4.69) is 22.2 Å². The fourth-order valence-corrected chi connectivity index (χ4v) is 4.70. The molecule has 0 aliphatic carbocycles. The van der Waals surface area contributed by atoms with Gasteiger partial charge in [0, 0.05) is 48.5 Å². The Kier molecular flexibility index (Phi) is 5.22. The normalized spacial score (nSPS) is 13.6. The molecule has 1 aliphatic rings. The first-order chi connectivity index (χ1) is 15.0. The molecule has 8 heteroatoms. The van der Waals surface area contributed by atoms with E-state index in [0.717, 1.165) is 39.0 Å². The summed E-state index contributed by atoms with van der Waals surface area (Å²) in [5.74, 6) is -0.268. The Morgan fingerprint density at radius 3 is 2.74 bits per heavy atom. The van der Waals surface area contributed by atoms with E-state index < -0.39 is 6.61 Å². The summed E-state index contributed by atoms with van der Waals surface area (Å²) in [6.07, 6.45) is 5.01. The summed E-state index contributed by atoms with van der Waals surface area (Å²) in [4.78, 5) is 17.2. The van der Waals surface area contributed by atoms with Crippen molar-refractivity contribution in [1.29, 1.82) is 0 Å². The van der Waals surface area contributed by atoms with Crippen molar-refractivity contribution in [2.45, 2.75) is 19.4 Å². The number of hydrogen-bond donors (Lipinski definition) is 2. The van der Waals surface area contributed by atoms with Crippen LogP contribution in [0.15, 0.2) is 48.8 Å². The minimum atomic E-state index is -0.486. The Balaban J connectivity index is 1.55. The van der Waals surface area contributed by atoms with Gasteiger partial charge >= 0.3 is 0 Å². The van der Waals surface area contributed by atoms with Crippen molar-refractivity contribution in [3.8, 4) is 5.69 Å². The largest absolute Gasteiger partial charge is 0.387 e. The van der Waals surface area contributed by atoms with Gasteiger partial charge in [0.25, 0.3) is 0 Å². The molecule has 4 aromatic rings. The molecule has 2 N–H and O–H groups in total. The first-order valence-corrected chi connectivity index (χ1v) is 10.8. The molecular weight excluding hydrogens is 435 g/mol. The number of hydrogen-bond acceptors (Lipinski definition) is 3. The Bertz CT molecular complexity index is 1260. The highest BCUT2D eigenvalue weighted by atomic mass is 35.5. The van der Waals surface area contributed by atoms with Gasteiger partial charge in [0.1, 0.15) is 6.61 Å². The molecule has 0 fully saturated rings. The monoisotopic (exact) mass is 454 g/mol. The van der Waals surface area contributed by atoms with E-state index in [-0.39, 0.29) is 5.91 Å². The molecule has 0 spiro atoms. The number of nitrogens with zero attached hydrogens (tertiary/aromatic N) is 3. The van der Waals surface area contributed by atoms with E-state index in [0.29, 0.717) is 36.0 Å². The van der Waals surface area contributed by atoms with E-state index in [4.69, 9.17) is 23.2 Å². The van der Waals surface area contributed by atoms with Gasteiger partial charge in [0.2, 0.25) is 5.91 Å². The second-order valence-electron chi connectivity index (χ2n) is 7.68. The Morgan fingerprint density at radius 1 is 1.23 bits per heavy atom.